The summed E-state index contributed by atoms with van der Waals surface area (Å²) in [6.07, 6.45) is 2.50. The van der Waals surface area contributed by atoms with Crippen molar-refractivity contribution in [1.29, 1.82) is 0 Å². The van der Waals surface area contributed by atoms with Gasteiger partial charge in [-0.25, -0.2) is 0 Å². The fraction of sp³-hybridized carbons (Fsp3) is 0.833. The van der Waals surface area contributed by atoms with Crippen molar-refractivity contribution in [3.05, 3.63) is 0 Å². The van der Waals surface area contributed by atoms with Crippen molar-refractivity contribution in [2.75, 3.05) is 6.54 Å². The van der Waals surface area contributed by atoms with E-state index in [2.05, 4.69) is 18.8 Å². The van der Waals surface area contributed by atoms with Crippen LogP contribution in [-0.4, -0.2) is 12.9 Å². The van der Waals surface area contributed by atoms with Crippen LogP contribution in [0, 0.1) is 5.92 Å². The fourth-order valence-electron chi connectivity index (χ4n) is 0.407. The zero-order valence-corrected chi connectivity index (χ0v) is 5.59. The minimum Gasteiger partial charge on any atom is -0.390 e. The van der Waals surface area contributed by atoms with Crippen LogP contribution in [-0.2, 0) is 0 Å². The highest BCUT2D eigenvalue weighted by molar-refractivity contribution is 5.50. The molecule has 0 heterocycles. The number of hydrogen-bond donors (Lipinski definition) is 1. The molecule has 2 nitrogen and oxygen atoms in total. The maximum Gasteiger partial charge on any atom is 0.0797 e. The topological polar surface area (TPSA) is 38.4 Å². The lowest BCUT2D eigenvalue weighted by atomic mass is 10.1. The van der Waals surface area contributed by atoms with Gasteiger partial charge in [0.05, 0.1) is 6.34 Å². The first-order valence-electron chi connectivity index (χ1n) is 2.97. The average Bonchev–Trinajstić information content (AvgIpc) is 1.66. The van der Waals surface area contributed by atoms with Gasteiger partial charge in [-0.15, -0.1) is 0 Å². The maximum atomic E-state index is 5.02. The van der Waals surface area contributed by atoms with Crippen LogP contribution < -0.4 is 5.73 Å². The molecular formula is C6H14N2. The maximum absolute atomic E-state index is 5.02. The molecule has 0 aromatic rings. The van der Waals surface area contributed by atoms with Gasteiger partial charge in [0.25, 0.3) is 0 Å². The highest BCUT2D eigenvalue weighted by atomic mass is 14.8. The first-order chi connectivity index (χ1) is 3.77. The predicted molar refractivity (Wildman–Crippen MR) is 37.0 cm³/mol. The molecule has 0 bridgehead atoms. The Morgan fingerprint density at radius 2 is 2.25 bits per heavy atom. The summed E-state index contributed by atoms with van der Waals surface area (Å²) in [5, 5.41) is 0. The van der Waals surface area contributed by atoms with E-state index in [1.165, 1.54) is 6.34 Å². The molecule has 0 unspecified atom stereocenters. The quantitative estimate of drug-likeness (QED) is 0.431. The first kappa shape index (κ1) is 7.47. The van der Waals surface area contributed by atoms with E-state index < -0.39 is 0 Å². The zero-order valence-electron chi connectivity index (χ0n) is 5.59. The summed E-state index contributed by atoms with van der Waals surface area (Å²) < 4.78 is 0. The summed E-state index contributed by atoms with van der Waals surface area (Å²) in [5.74, 6) is 0.735. The third-order valence-corrected chi connectivity index (χ3v) is 0.941. The number of nitrogens with zero attached hydrogens (tertiary/aromatic N) is 1. The van der Waals surface area contributed by atoms with Crippen molar-refractivity contribution in [2.24, 2.45) is 16.6 Å². The fourth-order valence-corrected chi connectivity index (χ4v) is 0.407. The third-order valence-electron chi connectivity index (χ3n) is 0.941. The van der Waals surface area contributed by atoms with E-state index in [4.69, 9.17) is 5.73 Å². The summed E-state index contributed by atoms with van der Waals surface area (Å²) in [5.41, 5.74) is 5.02. The third kappa shape index (κ3) is 5.47. The standard InChI is InChI=1S/C6H14N2/c1-6(2)3-4-8-5-7/h5-6H,3-4H2,1-2H3,(H2,7,8). The van der Waals surface area contributed by atoms with Crippen LogP contribution in [0.4, 0.5) is 0 Å². The molecule has 0 rings (SSSR count). The lowest BCUT2D eigenvalue weighted by Gasteiger charge is -1.97. The van der Waals surface area contributed by atoms with Gasteiger partial charge in [-0.2, -0.15) is 0 Å². The number of rotatable bonds is 3. The summed E-state index contributed by atoms with van der Waals surface area (Å²) >= 11 is 0. The normalized spacial score (nSPS) is 11.4. The molecule has 0 radical (unpaired) electrons. The molecule has 0 saturated carbocycles. The Kier molecular flexibility index (Phi) is 4.32. The average molecular weight is 114 g/mol. The molecule has 0 aliphatic heterocycles. The predicted octanol–water partition coefficient (Wildman–Crippen LogP) is 1.02. The van der Waals surface area contributed by atoms with Crippen molar-refractivity contribution >= 4 is 6.34 Å². The van der Waals surface area contributed by atoms with Crippen LogP contribution in [0.3, 0.4) is 0 Å². The number of hydrogen-bond acceptors (Lipinski definition) is 1. The molecule has 0 aromatic heterocycles. The lowest BCUT2D eigenvalue weighted by molar-refractivity contribution is 0.597. The van der Waals surface area contributed by atoms with E-state index >= 15 is 0 Å². The van der Waals surface area contributed by atoms with Gasteiger partial charge in [0, 0.05) is 6.54 Å². The SMILES string of the molecule is CC(C)CC/N=C\N. The van der Waals surface area contributed by atoms with Crippen molar-refractivity contribution in [3.8, 4) is 0 Å². The zero-order chi connectivity index (χ0) is 6.41. The second kappa shape index (κ2) is 4.62. The Balaban J connectivity index is 2.93. The second-order valence-corrected chi connectivity index (χ2v) is 2.24. The largest absolute Gasteiger partial charge is 0.390 e. The molecule has 0 aromatic carbocycles. The summed E-state index contributed by atoms with van der Waals surface area (Å²) in [4.78, 5) is 3.86. The van der Waals surface area contributed by atoms with Gasteiger partial charge in [-0.1, -0.05) is 13.8 Å². The van der Waals surface area contributed by atoms with E-state index in [1.54, 1.807) is 0 Å². The minimum absolute atomic E-state index is 0.735. The van der Waals surface area contributed by atoms with Gasteiger partial charge in [0.1, 0.15) is 0 Å². The lowest BCUT2D eigenvalue weighted by Crippen LogP contribution is -1.94. The monoisotopic (exact) mass is 114 g/mol. The second-order valence-electron chi connectivity index (χ2n) is 2.24. The highest BCUT2D eigenvalue weighted by Crippen LogP contribution is 1.97. The summed E-state index contributed by atoms with van der Waals surface area (Å²) in [6, 6.07) is 0. The molecule has 0 aliphatic carbocycles. The van der Waals surface area contributed by atoms with Gasteiger partial charge >= 0.3 is 0 Å². The van der Waals surface area contributed by atoms with Gasteiger partial charge in [-0.3, -0.25) is 4.99 Å². The van der Waals surface area contributed by atoms with Gasteiger partial charge < -0.3 is 5.73 Å². The van der Waals surface area contributed by atoms with E-state index in [0.29, 0.717) is 0 Å². The Bertz CT molecular complexity index is 66.9. The van der Waals surface area contributed by atoms with Crippen LogP contribution in [0.5, 0.6) is 0 Å². The van der Waals surface area contributed by atoms with Crippen LogP contribution in [0.15, 0.2) is 4.99 Å². The van der Waals surface area contributed by atoms with E-state index in [1.807, 2.05) is 0 Å². The molecule has 0 amide bonds. The molecule has 0 fully saturated rings. The van der Waals surface area contributed by atoms with Crippen LogP contribution in [0.2, 0.25) is 0 Å². The van der Waals surface area contributed by atoms with Crippen molar-refractivity contribution in [3.63, 3.8) is 0 Å². The van der Waals surface area contributed by atoms with Gasteiger partial charge in [0.2, 0.25) is 0 Å². The molecule has 8 heavy (non-hydrogen) atoms. The smallest absolute Gasteiger partial charge is 0.0797 e. The van der Waals surface area contributed by atoms with Crippen molar-refractivity contribution in [2.45, 2.75) is 20.3 Å². The Hall–Kier alpha value is -0.530. The van der Waals surface area contributed by atoms with Crippen LogP contribution in [0.25, 0.3) is 0 Å². The molecular weight excluding hydrogens is 100 g/mol. The number of nitrogens with two attached hydrogens (primary N) is 1. The molecule has 48 valence electrons. The minimum atomic E-state index is 0.735. The molecule has 2 heteroatoms. The molecule has 0 aliphatic rings. The van der Waals surface area contributed by atoms with Gasteiger partial charge in [-0.05, 0) is 12.3 Å². The van der Waals surface area contributed by atoms with E-state index in [9.17, 15) is 0 Å². The summed E-state index contributed by atoms with van der Waals surface area (Å²) in [7, 11) is 0. The van der Waals surface area contributed by atoms with Crippen molar-refractivity contribution < 1.29 is 0 Å². The van der Waals surface area contributed by atoms with Gasteiger partial charge in [0.15, 0.2) is 0 Å². The molecule has 0 saturated heterocycles. The molecule has 0 spiro atoms. The molecule has 0 atom stereocenters. The van der Waals surface area contributed by atoms with Crippen LogP contribution in [0.1, 0.15) is 20.3 Å². The Morgan fingerprint density at radius 3 is 2.62 bits per heavy atom. The Morgan fingerprint density at radius 1 is 1.62 bits per heavy atom. The van der Waals surface area contributed by atoms with E-state index in [0.717, 1.165) is 18.9 Å². The Labute approximate surface area is 50.8 Å². The molecule has 2 N–H and O–H groups in total. The highest BCUT2D eigenvalue weighted by Gasteiger charge is 1.88. The first-order valence-corrected chi connectivity index (χ1v) is 2.97. The van der Waals surface area contributed by atoms with Crippen LogP contribution >= 0.6 is 0 Å². The summed E-state index contributed by atoms with van der Waals surface area (Å²) in [6.45, 7) is 5.21. The van der Waals surface area contributed by atoms with E-state index in [-0.39, 0.29) is 0 Å². The van der Waals surface area contributed by atoms with Crippen molar-refractivity contribution in [1.82, 2.24) is 0 Å². The number of aliphatic imine (C=N–C) groups is 1.